The van der Waals surface area contributed by atoms with Crippen molar-refractivity contribution in [2.24, 2.45) is 5.73 Å². The van der Waals surface area contributed by atoms with Crippen LogP contribution in [0.3, 0.4) is 0 Å². The van der Waals surface area contributed by atoms with Crippen LogP contribution in [0.25, 0.3) is 0 Å². The zero-order valence-electron chi connectivity index (χ0n) is 12.7. The third kappa shape index (κ3) is 3.07. The van der Waals surface area contributed by atoms with E-state index in [9.17, 15) is 0 Å². The van der Waals surface area contributed by atoms with Crippen LogP contribution in [0.15, 0.2) is 54.6 Å². The highest BCUT2D eigenvalue weighted by molar-refractivity contribution is 5.28. The number of benzene rings is 2. The van der Waals surface area contributed by atoms with Crippen LogP contribution < -0.4 is 5.73 Å². The van der Waals surface area contributed by atoms with E-state index in [1.54, 1.807) is 0 Å². The molecule has 0 spiro atoms. The molecule has 112 valence electrons. The van der Waals surface area contributed by atoms with E-state index in [-0.39, 0.29) is 0 Å². The van der Waals surface area contributed by atoms with Crippen molar-refractivity contribution in [3.63, 3.8) is 0 Å². The number of nitrogens with two attached hydrogens (primary N) is 1. The van der Waals surface area contributed by atoms with Crippen molar-refractivity contribution < 1.29 is 0 Å². The molecule has 4 nitrogen and oxygen atoms in total. The maximum atomic E-state index is 5.83. The normalized spacial score (nSPS) is 10.8. The Balaban J connectivity index is 1.92. The van der Waals surface area contributed by atoms with Gasteiger partial charge in [0.1, 0.15) is 0 Å². The third-order valence-corrected chi connectivity index (χ3v) is 3.91. The predicted octanol–water partition coefficient (Wildman–Crippen LogP) is 2.68. The Morgan fingerprint density at radius 2 is 1.73 bits per heavy atom. The van der Waals surface area contributed by atoms with Gasteiger partial charge >= 0.3 is 0 Å². The maximum Gasteiger partial charge on any atom is 0.0998 e. The molecule has 0 saturated heterocycles. The summed E-state index contributed by atoms with van der Waals surface area (Å²) in [7, 11) is 0. The quantitative estimate of drug-likeness (QED) is 0.786. The molecule has 2 N–H and O–H groups in total. The van der Waals surface area contributed by atoms with Crippen LogP contribution >= 0.6 is 0 Å². The predicted molar refractivity (Wildman–Crippen MR) is 87.4 cm³/mol. The number of aromatic nitrogens is 3. The molecule has 0 aliphatic rings. The van der Waals surface area contributed by atoms with Gasteiger partial charge in [-0.2, -0.15) is 0 Å². The first-order valence-corrected chi connectivity index (χ1v) is 7.47. The van der Waals surface area contributed by atoms with Crippen LogP contribution in [-0.4, -0.2) is 15.0 Å². The van der Waals surface area contributed by atoms with E-state index < -0.39 is 0 Å². The average molecular weight is 292 g/mol. The Morgan fingerprint density at radius 1 is 1.00 bits per heavy atom. The van der Waals surface area contributed by atoms with Crippen LogP contribution in [0.5, 0.6) is 0 Å². The lowest BCUT2D eigenvalue weighted by Crippen LogP contribution is -2.10. The highest BCUT2D eigenvalue weighted by atomic mass is 15.4. The average Bonchev–Trinajstić information content (AvgIpc) is 2.92. The molecular weight excluding hydrogens is 272 g/mol. The molecule has 3 rings (SSSR count). The Labute approximate surface area is 130 Å². The fraction of sp³-hybridized carbons (Fsp3) is 0.222. The van der Waals surface area contributed by atoms with E-state index >= 15 is 0 Å². The summed E-state index contributed by atoms with van der Waals surface area (Å²) in [5.74, 6) is 0. The molecular formula is C18H20N4. The molecule has 0 fully saturated rings. The van der Waals surface area contributed by atoms with E-state index in [1.165, 1.54) is 16.7 Å². The number of hydrogen-bond acceptors (Lipinski definition) is 3. The van der Waals surface area contributed by atoms with Crippen LogP contribution in [0.2, 0.25) is 0 Å². The van der Waals surface area contributed by atoms with Crippen molar-refractivity contribution >= 4 is 0 Å². The number of aryl methyl sites for hydroxylation is 1. The van der Waals surface area contributed by atoms with Gasteiger partial charge in [0.15, 0.2) is 0 Å². The molecule has 4 heteroatoms. The smallest absolute Gasteiger partial charge is 0.0998 e. The van der Waals surface area contributed by atoms with Gasteiger partial charge in [-0.15, -0.1) is 5.10 Å². The fourth-order valence-corrected chi connectivity index (χ4v) is 2.59. The van der Waals surface area contributed by atoms with Crippen molar-refractivity contribution in [3.05, 3.63) is 82.7 Å². The molecule has 0 radical (unpaired) electrons. The number of rotatable bonds is 5. The first-order valence-electron chi connectivity index (χ1n) is 7.47. The van der Waals surface area contributed by atoms with Crippen LogP contribution in [-0.2, 0) is 19.5 Å². The van der Waals surface area contributed by atoms with Gasteiger partial charge in [0.2, 0.25) is 0 Å². The summed E-state index contributed by atoms with van der Waals surface area (Å²) < 4.78 is 1.97. The Morgan fingerprint density at radius 3 is 2.45 bits per heavy atom. The fourth-order valence-electron chi connectivity index (χ4n) is 2.59. The SMILES string of the molecule is Cc1ccccc1Cn1nnc(CN)c1Cc1ccccc1. The van der Waals surface area contributed by atoms with E-state index in [1.807, 2.05) is 22.9 Å². The standard InChI is InChI=1S/C18H20N4/c1-14-7-5-6-10-16(14)13-22-18(17(12-19)20-21-22)11-15-8-3-2-4-9-15/h2-10H,11-13,19H2,1H3. The summed E-state index contributed by atoms with van der Waals surface area (Å²) >= 11 is 0. The van der Waals surface area contributed by atoms with E-state index in [0.29, 0.717) is 6.54 Å². The monoisotopic (exact) mass is 292 g/mol. The van der Waals surface area contributed by atoms with Gasteiger partial charge in [0.05, 0.1) is 17.9 Å². The molecule has 1 heterocycles. The molecule has 0 amide bonds. The van der Waals surface area contributed by atoms with Crippen LogP contribution in [0.1, 0.15) is 28.1 Å². The summed E-state index contributed by atoms with van der Waals surface area (Å²) in [5, 5.41) is 8.55. The summed E-state index contributed by atoms with van der Waals surface area (Å²) in [6.07, 6.45) is 0.798. The Bertz CT molecular complexity index is 747. The lowest BCUT2D eigenvalue weighted by molar-refractivity contribution is 0.623. The number of hydrogen-bond donors (Lipinski definition) is 1. The number of nitrogens with zero attached hydrogens (tertiary/aromatic N) is 3. The molecule has 2 aromatic carbocycles. The first-order chi connectivity index (χ1) is 10.8. The molecule has 0 atom stereocenters. The van der Waals surface area contributed by atoms with E-state index in [4.69, 9.17) is 5.73 Å². The zero-order valence-corrected chi connectivity index (χ0v) is 12.7. The molecule has 22 heavy (non-hydrogen) atoms. The minimum atomic E-state index is 0.413. The largest absolute Gasteiger partial charge is 0.325 e. The highest BCUT2D eigenvalue weighted by Crippen LogP contribution is 2.15. The van der Waals surface area contributed by atoms with Gasteiger partial charge in [0.25, 0.3) is 0 Å². The summed E-state index contributed by atoms with van der Waals surface area (Å²) in [4.78, 5) is 0. The molecule has 1 aromatic heterocycles. The second-order valence-electron chi connectivity index (χ2n) is 5.43. The maximum absolute atomic E-state index is 5.83. The van der Waals surface area contributed by atoms with E-state index in [0.717, 1.165) is 24.4 Å². The van der Waals surface area contributed by atoms with Gasteiger partial charge in [0, 0.05) is 13.0 Å². The molecule has 0 bridgehead atoms. The van der Waals surface area contributed by atoms with Gasteiger partial charge in [-0.05, 0) is 23.6 Å². The first kappa shape index (κ1) is 14.5. The molecule has 0 saturated carbocycles. The lowest BCUT2D eigenvalue weighted by Gasteiger charge is -2.10. The minimum Gasteiger partial charge on any atom is -0.325 e. The third-order valence-electron chi connectivity index (χ3n) is 3.91. The molecule has 0 unspecified atom stereocenters. The van der Waals surface area contributed by atoms with Gasteiger partial charge < -0.3 is 5.73 Å². The lowest BCUT2D eigenvalue weighted by atomic mass is 10.1. The molecule has 0 aliphatic carbocycles. The van der Waals surface area contributed by atoms with Crippen molar-refractivity contribution in [2.45, 2.75) is 26.4 Å². The van der Waals surface area contributed by atoms with Crippen LogP contribution in [0.4, 0.5) is 0 Å². The summed E-state index contributed by atoms with van der Waals surface area (Å²) in [6, 6.07) is 18.7. The van der Waals surface area contributed by atoms with Crippen molar-refractivity contribution in [1.29, 1.82) is 0 Å². The zero-order chi connectivity index (χ0) is 15.4. The Hall–Kier alpha value is -2.46. The van der Waals surface area contributed by atoms with Gasteiger partial charge in [-0.25, -0.2) is 4.68 Å². The van der Waals surface area contributed by atoms with Gasteiger partial charge in [-0.3, -0.25) is 0 Å². The molecule has 3 aromatic rings. The van der Waals surface area contributed by atoms with Crippen LogP contribution in [0, 0.1) is 6.92 Å². The summed E-state index contributed by atoms with van der Waals surface area (Å²) in [6.45, 7) is 3.25. The van der Waals surface area contributed by atoms with Gasteiger partial charge in [-0.1, -0.05) is 59.8 Å². The topological polar surface area (TPSA) is 56.7 Å². The second kappa shape index (κ2) is 6.54. The summed E-state index contributed by atoms with van der Waals surface area (Å²) in [5.41, 5.74) is 11.6. The van der Waals surface area contributed by atoms with Crippen molar-refractivity contribution in [3.8, 4) is 0 Å². The van der Waals surface area contributed by atoms with E-state index in [2.05, 4.69) is 53.6 Å². The Kier molecular flexibility index (Phi) is 4.30. The van der Waals surface area contributed by atoms with Crippen molar-refractivity contribution in [1.82, 2.24) is 15.0 Å². The minimum absolute atomic E-state index is 0.413. The second-order valence-corrected chi connectivity index (χ2v) is 5.43. The molecule has 0 aliphatic heterocycles. The van der Waals surface area contributed by atoms with Crippen molar-refractivity contribution in [2.75, 3.05) is 0 Å². The highest BCUT2D eigenvalue weighted by Gasteiger charge is 2.13.